The maximum Gasteiger partial charge on any atom is 0.407 e. The summed E-state index contributed by atoms with van der Waals surface area (Å²) in [6, 6.07) is 6.66. The molecular formula is C42H58N8O8. The Bertz CT molecular complexity index is 1920. The first-order valence-corrected chi connectivity index (χ1v) is 20.5. The molecule has 2 saturated heterocycles. The molecule has 16 nitrogen and oxygen atoms in total. The average molecular weight is 803 g/mol. The van der Waals surface area contributed by atoms with Crippen LogP contribution in [0.4, 0.5) is 9.59 Å². The minimum atomic E-state index is -0.885. The van der Waals surface area contributed by atoms with Crippen LogP contribution in [0.2, 0.25) is 0 Å². The van der Waals surface area contributed by atoms with E-state index in [1.807, 2.05) is 17.3 Å². The highest BCUT2D eigenvalue weighted by molar-refractivity contribution is 5.87. The quantitative estimate of drug-likeness (QED) is 0.179. The van der Waals surface area contributed by atoms with Gasteiger partial charge in [-0.1, -0.05) is 24.3 Å². The Morgan fingerprint density at radius 3 is 1.64 bits per heavy atom. The molecule has 3 aliphatic carbocycles. The zero-order chi connectivity index (χ0) is 41.2. The molecule has 6 atom stereocenters. The second-order valence-corrected chi connectivity index (χ2v) is 16.5. The minimum Gasteiger partial charge on any atom is -0.453 e. The summed E-state index contributed by atoms with van der Waals surface area (Å²) < 4.78 is 20.4. The average Bonchev–Trinajstić information content (AvgIpc) is 4.11. The van der Waals surface area contributed by atoms with Gasteiger partial charge in [0.15, 0.2) is 0 Å². The van der Waals surface area contributed by atoms with E-state index in [-0.39, 0.29) is 34.7 Å². The lowest BCUT2D eigenvalue weighted by Crippen LogP contribution is -2.54. The summed E-state index contributed by atoms with van der Waals surface area (Å²) >= 11 is 0. The van der Waals surface area contributed by atoms with Crippen LogP contribution in [-0.2, 0) is 39.4 Å². The highest BCUT2D eigenvalue weighted by Gasteiger charge is 2.51. The van der Waals surface area contributed by atoms with E-state index in [1.54, 1.807) is 18.7 Å². The number of benzene rings is 1. The Labute approximate surface area is 339 Å². The Kier molecular flexibility index (Phi) is 12.1. The Morgan fingerprint density at radius 2 is 1.16 bits per heavy atom. The molecule has 16 heteroatoms. The number of hydrogen-bond donors (Lipinski definition) is 4. The zero-order valence-corrected chi connectivity index (χ0v) is 34.5. The predicted octanol–water partition coefficient (Wildman–Crippen LogP) is 5.19. The van der Waals surface area contributed by atoms with E-state index in [1.165, 1.54) is 34.0 Å². The molecule has 5 aliphatic rings. The van der Waals surface area contributed by atoms with Gasteiger partial charge >= 0.3 is 12.2 Å². The maximum atomic E-state index is 13.8. The minimum absolute atomic E-state index is 0.0265. The summed E-state index contributed by atoms with van der Waals surface area (Å²) in [7, 11) is 5.57. The molecule has 4 amide bonds. The maximum absolute atomic E-state index is 13.8. The van der Waals surface area contributed by atoms with Crippen LogP contribution < -0.4 is 10.6 Å². The van der Waals surface area contributed by atoms with Crippen molar-refractivity contribution in [3.63, 3.8) is 0 Å². The van der Waals surface area contributed by atoms with E-state index in [9.17, 15) is 19.2 Å². The number of imidazole rings is 2. The van der Waals surface area contributed by atoms with Crippen molar-refractivity contribution in [2.75, 3.05) is 41.5 Å². The van der Waals surface area contributed by atoms with Crippen molar-refractivity contribution in [2.45, 2.75) is 125 Å². The molecule has 2 aromatic heterocycles. The summed E-state index contributed by atoms with van der Waals surface area (Å²) in [5, 5.41) is 5.30. The van der Waals surface area contributed by atoms with Crippen molar-refractivity contribution in [1.82, 2.24) is 40.4 Å². The van der Waals surface area contributed by atoms with Gasteiger partial charge in [0.05, 0.1) is 50.4 Å². The molecule has 2 bridgehead atoms. The highest BCUT2D eigenvalue weighted by atomic mass is 16.5. The SMILES string of the molecule is COC(=O)NC(C(=O)N1CCCC1c1ncc(-c2ccc(C34CCC(c5cnc(C6CCCN6C(=O)C(NC(=O)OC)C(C)OC)[nH]5)(CC3)CC4)cc2)[nH]1)C(C)OC. The first-order chi connectivity index (χ1) is 28.0. The molecule has 58 heavy (non-hydrogen) atoms. The Morgan fingerprint density at radius 1 is 0.690 bits per heavy atom. The normalized spacial score (nSPS) is 26.2. The molecule has 3 saturated carbocycles. The number of nitrogens with one attached hydrogen (secondary N) is 4. The van der Waals surface area contributed by atoms with Crippen LogP contribution in [0.5, 0.6) is 0 Å². The van der Waals surface area contributed by atoms with Crippen LogP contribution in [0.3, 0.4) is 0 Å². The van der Waals surface area contributed by atoms with Gasteiger partial charge < -0.3 is 49.3 Å². The Hall–Kier alpha value is -4.96. The van der Waals surface area contributed by atoms with E-state index in [2.05, 4.69) is 44.9 Å². The number of amides is 4. The molecule has 3 aromatic rings. The molecule has 2 aliphatic heterocycles. The lowest BCUT2D eigenvalue weighted by Gasteiger charge is -2.53. The first-order valence-electron chi connectivity index (χ1n) is 20.5. The third-order valence-electron chi connectivity index (χ3n) is 13.7. The predicted molar refractivity (Wildman–Crippen MR) is 213 cm³/mol. The van der Waals surface area contributed by atoms with Crippen molar-refractivity contribution in [3.05, 3.63) is 59.6 Å². The number of fused-ring (bicyclic) bond motifs is 3. The number of nitrogens with zero attached hydrogens (tertiary/aromatic N) is 4. The van der Waals surface area contributed by atoms with Crippen molar-refractivity contribution in [3.8, 4) is 11.3 Å². The van der Waals surface area contributed by atoms with E-state index in [0.29, 0.717) is 13.1 Å². The molecular weight excluding hydrogens is 745 g/mol. The summed E-state index contributed by atoms with van der Waals surface area (Å²) in [5.74, 6) is 1.08. The number of carbonyl (C=O) groups excluding carboxylic acids is 4. The smallest absolute Gasteiger partial charge is 0.407 e. The van der Waals surface area contributed by atoms with Crippen molar-refractivity contribution >= 4 is 24.0 Å². The first kappa shape index (κ1) is 41.2. The van der Waals surface area contributed by atoms with Gasteiger partial charge in [-0.15, -0.1) is 0 Å². The van der Waals surface area contributed by atoms with Gasteiger partial charge in [-0.3, -0.25) is 9.59 Å². The fraction of sp³-hybridized carbons (Fsp3) is 0.619. The van der Waals surface area contributed by atoms with Crippen LogP contribution in [-0.4, -0.2) is 120 Å². The van der Waals surface area contributed by atoms with Gasteiger partial charge in [-0.2, -0.15) is 0 Å². The second kappa shape index (κ2) is 17.1. The number of aromatic amines is 2. The molecule has 4 heterocycles. The monoisotopic (exact) mass is 802 g/mol. The number of likely N-dealkylation sites (tertiary alicyclic amines) is 2. The molecule has 8 rings (SSSR count). The third kappa shape index (κ3) is 7.80. The largest absolute Gasteiger partial charge is 0.453 e. The van der Waals surface area contributed by atoms with E-state index in [4.69, 9.17) is 28.9 Å². The van der Waals surface area contributed by atoms with Gasteiger partial charge in [-0.05, 0) is 94.6 Å². The summed E-state index contributed by atoms with van der Waals surface area (Å²) in [6.45, 7) is 4.64. The number of alkyl carbamates (subject to hydrolysis) is 2. The van der Waals surface area contributed by atoms with Gasteiger partial charge in [-0.25, -0.2) is 19.6 Å². The van der Waals surface area contributed by atoms with Crippen molar-refractivity contribution in [1.29, 1.82) is 0 Å². The lowest BCUT2D eigenvalue weighted by molar-refractivity contribution is -0.138. The molecule has 1 aromatic carbocycles. The third-order valence-corrected chi connectivity index (χ3v) is 13.7. The van der Waals surface area contributed by atoms with Gasteiger partial charge in [0.2, 0.25) is 11.8 Å². The second-order valence-electron chi connectivity index (χ2n) is 16.5. The number of aromatic nitrogens is 4. The summed E-state index contributed by atoms with van der Waals surface area (Å²) in [4.78, 5) is 71.9. The fourth-order valence-corrected chi connectivity index (χ4v) is 9.84. The summed E-state index contributed by atoms with van der Waals surface area (Å²) in [5.41, 5.74) is 4.58. The number of rotatable bonds is 13. The number of H-pyrrole nitrogens is 2. The van der Waals surface area contributed by atoms with E-state index in [0.717, 1.165) is 92.8 Å². The Balaban J connectivity index is 0.995. The number of methoxy groups -OCH3 is 4. The molecule has 0 radical (unpaired) electrons. The van der Waals surface area contributed by atoms with Crippen molar-refractivity contribution < 1.29 is 38.1 Å². The van der Waals surface area contributed by atoms with Crippen LogP contribution in [0.1, 0.15) is 113 Å². The fourth-order valence-electron chi connectivity index (χ4n) is 9.84. The molecule has 5 fully saturated rings. The van der Waals surface area contributed by atoms with Gasteiger partial charge in [0, 0.05) is 44.6 Å². The van der Waals surface area contributed by atoms with Crippen LogP contribution in [0.15, 0.2) is 36.7 Å². The summed E-state index contributed by atoms with van der Waals surface area (Å²) in [6.07, 6.45) is 11.0. The van der Waals surface area contributed by atoms with Gasteiger partial charge in [0.25, 0.3) is 0 Å². The number of hydrogen-bond acceptors (Lipinski definition) is 10. The highest BCUT2D eigenvalue weighted by Crippen LogP contribution is 2.58. The van der Waals surface area contributed by atoms with Crippen LogP contribution in [0, 0.1) is 0 Å². The van der Waals surface area contributed by atoms with Crippen molar-refractivity contribution in [2.24, 2.45) is 0 Å². The van der Waals surface area contributed by atoms with Crippen LogP contribution in [0.25, 0.3) is 11.3 Å². The topological polar surface area (TPSA) is 193 Å². The molecule has 0 spiro atoms. The van der Waals surface area contributed by atoms with Crippen LogP contribution >= 0.6 is 0 Å². The zero-order valence-electron chi connectivity index (χ0n) is 34.5. The molecule has 4 N–H and O–H groups in total. The number of carbonyl (C=O) groups is 4. The number of ether oxygens (including phenoxy) is 4. The van der Waals surface area contributed by atoms with Gasteiger partial charge in [0.1, 0.15) is 23.7 Å². The standard InChI is InChI=1S/C42H58N8O8/c1-25(55-3)33(47-39(53)57-5)37(51)49-21-7-9-30(49)35-43-23-29(45-35)27-11-13-28(14-12-27)41-15-18-42(19-16-41,20-17-41)32-24-44-36(46-32)31-10-8-22-50(31)38(52)34(26(2)56-4)48-40(54)58-6/h11-14,23-26,30-31,33-34H,7-10,15-22H2,1-6H3,(H,43,45)(H,44,46)(H,47,53)(H,48,54). The molecule has 6 unspecified atom stereocenters. The lowest BCUT2D eigenvalue weighted by atomic mass is 9.51. The molecule has 314 valence electrons. The van der Waals surface area contributed by atoms with E-state index < -0.39 is 36.5 Å². The van der Waals surface area contributed by atoms with E-state index >= 15 is 0 Å².